The van der Waals surface area contributed by atoms with Crippen molar-refractivity contribution in [3.05, 3.63) is 46.2 Å². The molecule has 1 heterocycles. The third kappa shape index (κ3) is 3.51. The molecule has 0 saturated heterocycles. The van der Waals surface area contributed by atoms with Crippen LogP contribution in [0, 0.1) is 5.82 Å². The van der Waals surface area contributed by atoms with Crippen molar-refractivity contribution < 1.29 is 14.2 Å². The summed E-state index contributed by atoms with van der Waals surface area (Å²) in [5.74, 6) is 0.211. The minimum atomic E-state index is -0.306. The molecule has 0 unspecified atom stereocenters. The Morgan fingerprint density at radius 1 is 1.41 bits per heavy atom. The summed E-state index contributed by atoms with van der Waals surface area (Å²) in [5.41, 5.74) is 0.677. The number of halogens is 1. The number of rotatable bonds is 5. The van der Waals surface area contributed by atoms with Crippen LogP contribution >= 0.6 is 11.3 Å². The molecule has 0 saturated carbocycles. The monoisotopic (exact) mass is 253 g/mol. The Morgan fingerprint density at radius 3 is 3.00 bits per heavy atom. The zero-order chi connectivity index (χ0) is 12.1. The molecular formula is C12H12FNO2S. The highest BCUT2D eigenvalue weighted by atomic mass is 32.1. The summed E-state index contributed by atoms with van der Waals surface area (Å²) >= 11 is 1.49. The van der Waals surface area contributed by atoms with Crippen LogP contribution in [0.25, 0.3) is 0 Å². The lowest BCUT2D eigenvalue weighted by atomic mass is 10.3. The molecule has 17 heavy (non-hydrogen) atoms. The topological polar surface area (TPSA) is 42.4 Å². The minimum absolute atomic E-state index is 0.0404. The molecule has 1 aromatic heterocycles. The van der Waals surface area contributed by atoms with Crippen LogP contribution in [0.1, 0.15) is 10.7 Å². The first kappa shape index (κ1) is 12.0. The van der Waals surface area contributed by atoms with Crippen LogP contribution in [0.3, 0.4) is 0 Å². The lowest BCUT2D eigenvalue weighted by Gasteiger charge is -2.04. The van der Waals surface area contributed by atoms with Crippen molar-refractivity contribution in [2.75, 3.05) is 6.61 Å². The van der Waals surface area contributed by atoms with Crippen molar-refractivity contribution in [2.24, 2.45) is 0 Å². The number of benzene rings is 1. The third-order valence-corrected chi connectivity index (χ3v) is 3.10. The molecule has 1 N–H and O–H groups in total. The molecule has 5 heteroatoms. The highest BCUT2D eigenvalue weighted by Crippen LogP contribution is 2.14. The van der Waals surface area contributed by atoms with E-state index in [9.17, 15) is 4.39 Å². The number of aliphatic hydroxyl groups is 1. The Morgan fingerprint density at radius 2 is 2.29 bits per heavy atom. The molecule has 0 aliphatic heterocycles. The van der Waals surface area contributed by atoms with Gasteiger partial charge in [0.05, 0.1) is 23.9 Å². The fourth-order valence-electron chi connectivity index (χ4n) is 1.35. The van der Waals surface area contributed by atoms with Crippen molar-refractivity contribution in [3.63, 3.8) is 0 Å². The predicted octanol–water partition coefficient (Wildman–Crippen LogP) is 2.40. The number of ether oxygens (including phenoxy) is 1. The summed E-state index contributed by atoms with van der Waals surface area (Å²) in [6.07, 6.45) is 0.654. The maximum Gasteiger partial charge on any atom is 0.126 e. The lowest BCUT2D eigenvalue weighted by Crippen LogP contribution is -2.01. The van der Waals surface area contributed by atoms with Gasteiger partial charge in [0, 0.05) is 17.9 Å². The summed E-state index contributed by atoms with van der Waals surface area (Å²) in [5, 5.41) is 11.6. The zero-order valence-corrected chi connectivity index (χ0v) is 9.91. The fourth-order valence-corrected chi connectivity index (χ4v) is 2.12. The van der Waals surface area contributed by atoms with Gasteiger partial charge in [-0.15, -0.1) is 11.3 Å². The van der Waals surface area contributed by atoms with Crippen molar-refractivity contribution in [3.8, 4) is 5.75 Å². The van der Waals surface area contributed by atoms with Gasteiger partial charge in [-0.1, -0.05) is 6.07 Å². The molecule has 2 aromatic rings. The van der Waals surface area contributed by atoms with E-state index in [1.807, 2.05) is 5.38 Å². The van der Waals surface area contributed by atoms with Gasteiger partial charge in [0.25, 0.3) is 0 Å². The molecule has 0 bridgehead atoms. The molecule has 0 aliphatic rings. The summed E-state index contributed by atoms with van der Waals surface area (Å²) in [6, 6.07) is 6.05. The lowest BCUT2D eigenvalue weighted by molar-refractivity contribution is 0.277. The number of hydrogen-bond donors (Lipinski definition) is 1. The van der Waals surface area contributed by atoms with Crippen molar-refractivity contribution in [1.82, 2.24) is 4.98 Å². The first-order chi connectivity index (χ1) is 8.28. The first-order valence-corrected chi connectivity index (χ1v) is 6.08. The van der Waals surface area contributed by atoms with Crippen molar-refractivity contribution >= 4 is 11.3 Å². The number of hydrogen-bond acceptors (Lipinski definition) is 4. The number of thiazole rings is 1. The molecule has 0 radical (unpaired) electrons. The van der Waals surface area contributed by atoms with Crippen LogP contribution in [-0.4, -0.2) is 16.7 Å². The molecule has 0 spiro atoms. The average molecular weight is 253 g/mol. The number of nitrogens with zero attached hydrogens (tertiary/aromatic N) is 1. The summed E-state index contributed by atoms with van der Waals surface area (Å²) in [4.78, 5) is 4.19. The van der Waals surface area contributed by atoms with Crippen LogP contribution in [-0.2, 0) is 13.0 Å². The molecule has 90 valence electrons. The predicted molar refractivity (Wildman–Crippen MR) is 63.6 cm³/mol. The summed E-state index contributed by atoms with van der Waals surface area (Å²) in [7, 11) is 0. The zero-order valence-electron chi connectivity index (χ0n) is 9.10. The van der Waals surface area contributed by atoms with Gasteiger partial charge in [0.15, 0.2) is 0 Å². The quantitative estimate of drug-likeness (QED) is 0.889. The van der Waals surface area contributed by atoms with Crippen LogP contribution in [0.4, 0.5) is 4.39 Å². The van der Waals surface area contributed by atoms with Gasteiger partial charge in [-0.05, 0) is 12.1 Å². The highest BCUT2D eigenvalue weighted by Gasteiger charge is 2.02. The van der Waals surface area contributed by atoms with E-state index < -0.39 is 0 Å². The van der Waals surface area contributed by atoms with Gasteiger partial charge < -0.3 is 9.84 Å². The molecule has 1 aromatic carbocycles. The van der Waals surface area contributed by atoms with E-state index in [0.717, 1.165) is 5.01 Å². The normalized spacial score (nSPS) is 10.5. The van der Waals surface area contributed by atoms with E-state index >= 15 is 0 Å². The minimum Gasteiger partial charge on any atom is -0.493 e. The maximum absolute atomic E-state index is 12.8. The van der Waals surface area contributed by atoms with Gasteiger partial charge in [-0.25, -0.2) is 9.37 Å². The van der Waals surface area contributed by atoms with Crippen LogP contribution < -0.4 is 4.74 Å². The van der Waals surface area contributed by atoms with Crippen LogP contribution in [0.15, 0.2) is 29.6 Å². The number of aliphatic hydroxyl groups excluding tert-OH is 1. The van der Waals surface area contributed by atoms with Gasteiger partial charge >= 0.3 is 0 Å². The first-order valence-electron chi connectivity index (χ1n) is 5.20. The highest BCUT2D eigenvalue weighted by molar-refractivity contribution is 7.09. The Bertz CT molecular complexity index is 487. The Hall–Kier alpha value is -1.46. The second kappa shape index (κ2) is 5.75. The number of aromatic nitrogens is 1. The third-order valence-electron chi connectivity index (χ3n) is 2.14. The van der Waals surface area contributed by atoms with E-state index in [1.165, 1.54) is 23.5 Å². The second-order valence-electron chi connectivity index (χ2n) is 3.45. The standard InChI is InChI=1S/C12H12FNO2S/c13-9-2-1-3-11(6-9)16-5-4-12-14-10(7-15)8-17-12/h1-3,6,8,15H,4-5,7H2. The smallest absolute Gasteiger partial charge is 0.126 e. The van der Waals surface area contributed by atoms with E-state index in [2.05, 4.69) is 4.98 Å². The molecule has 3 nitrogen and oxygen atoms in total. The largest absolute Gasteiger partial charge is 0.493 e. The fraction of sp³-hybridized carbons (Fsp3) is 0.250. The molecular weight excluding hydrogens is 241 g/mol. The van der Waals surface area contributed by atoms with Crippen molar-refractivity contribution in [1.29, 1.82) is 0 Å². The van der Waals surface area contributed by atoms with Gasteiger partial charge in [-0.3, -0.25) is 0 Å². The molecule has 0 fully saturated rings. The maximum atomic E-state index is 12.8. The molecule has 2 rings (SSSR count). The Kier molecular flexibility index (Phi) is 4.06. The SMILES string of the molecule is OCc1csc(CCOc2cccc(F)c2)n1. The Labute approximate surface area is 103 Å². The molecule has 0 amide bonds. The van der Waals surface area contributed by atoms with E-state index in [-0.39, 0.29) is 12.4 Å². The Balaban J connectivity index is 1.83. The van der Waals surface area contributed by atoms with Gasteiger partial charge in [0.2, 0.25) is 0 Å². The van der Waals surface area contributed by atoms with E-state index in [4.69, 9.17) is 9.84 Å². The molecule has 0 atom stereocenters. The average Bonchev–Trinajstić information content (AvgIpc) is 2.77. The molecule has 0 aliphatic carbocycles. The van der Waals surface area contributed by atoms with Crippen LogP contribution in [0.5, 0.6) is 5.75 Å². The van der Waals surface area contributed by atoms with Gasteiger partial charge in [0.1, 0.15) is 11.6 Å². The van der Waals surface area contributed by atoms with Crippen LogP contribution in [0.2, 0.25) is 0 Å². The van der Waals surface area contributed by atoms with E-state index in [1.54, 1.807) is 12.1 Å². The van der Waals surface area contributed by atoms with Gasteiger partial charge in [-0.2, -0.15) is 0 Å². The van der Waals surface area contributed by atoms with E-state index in [0.29, 0.717) is 24.5 Å². The summed E-state index contributed by atoms with van der Waals surface area (Å²) < 4.78 is 18.2. The second-order valence-corrected chi connectivity index (χ2v) is 4.39. The summed E-state index contributed by atoms with van der Waals surface area (Å²) in [6.45, 7) is 0.406. The van der Waals surface area contributed by atoms with Crippen molar-refractivity contribution in [2.45, 2.75) is 13.0 Å².